The van der Waals surface area contributed by atoms with E-state index in [1.54, 1.807) is 42.6 Å². The SMILES string of the molecule is CC[C@H](C)[C@@H]([C@@H](CC(=O)N1CCC[C@H]1[C@H](OC)[C@@H](C)C(=O)N[C@@H](Cc1ccccc1)C(=O)O)OC)N(C)C(=O)[C@@H](NC(=O)[C@H](C(C)C)N(C)CCSC)C(C)C. The molecule has 0 unspecified atom stereocenters. The molecule has 0 aliphatic carbocycles. The van der Waals surface area contributed by atoms with Crippen molar-refractivity contribution in [3.8, 4) is 0 Å². The Labute approximate surface area is 340 Å². The van der Waals surface area contributed by atoms with Crippen LogP contribution in [0.25, 0.3) is 0 Å². The van der Waals surface area contributed by atoms with Crippen LogP contribution in [0.2, 0.25) is 0 Å². The van der Waals surface area contributed by atoms with Crippen molar-refractivity contribution in [3.63, 3.8) is 0 Å². The number of rotatable bonds is 24. The summed E-state index contributed by atoms with van der Waals surface area (Å²) in [6.07, 6.45) is 2.85. The molecule has 2 rings (SSSR count). The van der Waals surface area contributed by atoms with E-state index >= 15 is 0 Å². The molecule has 56 heavy (non-hydrogen) atoms. The van der Waals surface area contributed by atoms with Gasteiger partial charge in [-0.15, -0.1) is 0 Å². The van der Waals surface area contributed by atoms with Gasteiger partial charge in [0, 0.05) is 46.5 Å². The van der Waals surface area contributed by atoms with Gasteiger partial charge in [0.25, 0.3) is 0 Å². The van der Waals surface area contributed by atoms with E-state index in [0.29, 0.717) is 19.4 Å². The summed E-state index contributed by atoms with van der Waals surface area (Å²) in [5.41, 5.74) is 0.786. The van der Waals surface area contributed by atoms with Crippen molar-refractivity contribution in [2.45, 2.75) is 123 Å². The van der Waals surface area contributed by atoms with Crippen LogP contribution in [0.4, 0.5) is 0 Å². The third-order valence-electron chi connectivity index (χ3n) is 11.4. The molecule has 1 aliphatic rings. The van der Waals surface area contributed by atoms with E-state index in [1.807, 2.05) is 90.1 Å². The van der Waals surface area contributed by atoms with Gasteiger partial charge in [0.15, 0.2) is 0 Å². The summed E-state index contributed by atoms with van der Waals surface area (Å²) in [5.74, 6) is -2.30. The Morgan fingerprint density at radius 3 is 2.11 bits per heavy atom. The Balaban J connectivity index is 2.28. The minimum absolute atomic E-state index is 0.0107. The highest BCUT2D eigenvalue weighted by Crippen LogP contribution is 2.30. The van der Waals surface area contributed by atoms with Crippen molar-refractivity contribution in [1.82, 2.24) is 25.3 Å². The van der Waals surface area contributed by atoms with Gasteiger partial charge in [-0.25, -0.2) is 4.79 Å². The van der Waals surface area contributed by atoms with Crippen molar-refractivity contribution >= 4 is 41.4 Å². The largest absolute Gasteiger partial charge is 0.480 e. The maximum Gasteiger partial charge on any atom is 0.326 e. The topological polar surface area (TPSA) is 158 Å². The molecule has 1 saturated heterocycles. The van der Waals surface area contributed by atoms with Crippen LogP contribution in [-0.4, -0.2) is 145 Å². The maximum absolute atomic E-state index is 14.4. The van der Waals surface area contributed by atoms with Gasteiger partial charge < -0.3 is 35.0 Å². The Morgan fingerprint density at radius 1 is 0.946 bits per heavy atom. The van der Waals surface area contributed by atoms with Gasteiger partial charge >= 0.3 is 5.97 Å². The predicted molar refractivity (Wildman–Crippen MR) is 222 cm³/mol. The molecule has 14 heteroatoms. The fourth-order valence-corrected chi connectivity index (χ4v) is 8.49. The number of aliphatic carboxylic acids is 1. The molecule has 0 radical (unpaired) electrons. The van der Waals surface area contributed by atoms with Gasteiger partial charge in [0.2, 0.25) is 23.6 Å². The van der Waals surface area contributed by atoms with E-state index in [1.165, 1.54) is 7.11 Å². The van der Waals surface area contributed by atoms with Crippen LogP contribution in [0.3, 0.4) is 0 Å². The second-order valence-electron chi connectivity index (χ2n) is 16.1. The average Bonchev–Trinajstić information content (AvgIpc) is 3.65. The highest BCUT2D eigenvalue weighted by molar-refractivity contribution is 7.98. The minimum atomic E-state index is -1.14. The quantitative estimate of drug-likeness (QED) is 0.139. The van der Waals surface area contributed by atoms with E-state index in [4.69, 9.17) is 9.47 Å². The predicted octanol–water partition coefficient (Wildman–Crippen LogP) is 4.18. The van der Waals surface area contributed by atoms with E-state index in [0.717, 1.165) is 24.3 Å². The van der Waals surface area contributed by atoms with Crippen LogP contribution in [0.15, 0.2) is 30.3 Å². The number of ether oxygens (including phenoxy) is 2. The number of amides is 4. The van der Waals surface area contributed by atoms with Crippen molar-refractivity contribution in [1.29, 1.82) is 0 Å². The summed E-state index contributed by atoms with van der Waals surface area (Å²) in [7, 11) is 6.71. The molecule has 0 spiro atoms. The van der Waals surface area contributed by atoms with E-state index in [9.17, 15) is 29.1 Å². The molecular weight excluding hydrogens is 735 g/mol. The van der Waals surface area contributed by atoms with E-state index in [-0.39, 0.29) is 48.3 Å². The number of likely N-dealkylation sites (tertiary alicyclic amines) is 1. The molecule has 318 valence electrons. The summed E-state index contributed by atoms with van der Waals surface area (Å²) < 4.78 is 11.9. The summed E-state index contributed by atoms with van der Waals surface area (Å²) in [6.45, 7) is 14.8. The van der Waals surface area contributed by atoms with Crippen LogP contribution in [0.1, 0.15) is 79.7 Å². The number of hydrogen-bond donors (Lipinski definition) is 3. The molecule has 0 bridgehead atoms. The Morgan fingerprint density at radius 2 is 1.59 bits per heavy atom. The number of benzene rings is 1. The molecule has 9 atom stereocenters. The first-order valence-corrected chi connectivity index (χ1v) is 21.5. The van der Waals surface area contributed by atoms with Crippen LogP contribution in [0.5, 0.6) is 0 Å². The lowest BCUT2D eigenvalue weighted by atomic mass is 9.89. The van der Waals surface area contributed by atoms with Crippen LogP contribution >= 0.6 is 11.8 Å². The zero-order valence-corrected chi connectivity index (χ0v) is 36.8. The van der Waals surface area contributed by atoms with Gasteiger partial charge in [-0.05, 0) is 49.5 Å². The lowest BCUT2D eigenvalue weighted by Gasteiger charge is -2.41. The van der Waals surface area contributed by atoms with Crippen LogP contribution in [0, 0.1) is 23.7 Å². The van der Waals surface area contributed by atoms with E-state index < -0.39 is 60.2 Å². The second-order valence-corrected chi connectivity index (χ2v) is 17.1. The number of carbonyl (C=O) groups excluding carboxylic acids is 4. The molecule has 3 N–H and O–H groups in total. The third kappa shape index (κ3) is 13.4. The summed E-state index contributed by atoms with van der Waals surface area (Å²) >= 11 is 1.72. The normalized spacial score (nSPS) is 18.8. The van der Waals surface area contributed by atoms with Gasteiger partial charge in [-0.1, -0.05) is 85.2 Å². The molecule has 0 saturated carbocycles. The standard InChI is InChI=1S/C42H71N5O8S/c1-13-28(6)37(46(9)41(51)35(26(2)3)44-40(50)36(27(4)5)45(8)22-23-56-12)33(54-10)25-34(48)47-21-17-20-32(47)38(55-11)29(7)39(49)43-31(42(52)53)24-30-18-15-14-16-19-30/h14-16,18-19,26-29,31-33,35-38H,13,17,20-25H2,1-12H3,(H,43,49)(H,44,50)(H,52,53)/t28-,29+,31-,32-,33+,35-,36-,37-,38+/m0/s1. The number of carboxylic acids is 1. The number of nitrogens with one attached hydrogen (secondary N) is 2. The first kappa shape index (κ1) is 48.9. The number of carbonyl (C=O) groups is 5. The molecule has 1 heterocycles. The Kier molecular flexibility index (Phi) is 20.9. The molecule has 1 aromatic carbocycles. The molecule has 1 aliphatic heterocycles. The number of thioether (sulfide) groups is 1. The van der Waals surface area contributed by atoms with Gasteiger partial charge in [-0.3, -0.25) is 24.1 Å². The fourth-order valence-electron chi connectivity index (χ4n) is 8.02. The first-order valence-electron chi connectivity index (χ1n) is 20.1. The highest BCUT2D eigenvalue weighted by Gasteiger charge is 2.43. The summed E-state index contributed by atoms with van der Waals surface area (Å²) in [4.78, 5) is 73.4. The zero-order valence-electron chi connectivity index (χ0n) is 35.9. The number of nitrogens with zero attached hydrogens (tertiary/aromatic N) is 3. The number of carboxylic acid groups (broad SMARTS) is 1. The monoisotopic (exact) mass is 806 g/mol. The molecule has 13 nitrogen and oxygen atoms in total. The maximum atomic E-state index is 14.4. The molecule has 0 aromatic heterocycles. The Bertz CT molecular complexity index is 1400. The minimum Gasteiger partial charge on any atom is -0.480 e. The average molecular weight is 806 g/mol. The Hall–Kier alpha value is -3.20. The van der Waals surface area contributed by atoms with Crippen LogP contribution < -0.4 is 10.6 Å². The lowest BCUT2D eigenvalue weighted by Crippen LogP contribution is -2.60. The summed E-state index contributed by atoms with van der Waals surface area (Å²) in [6, 6.07) is 5.90. The molecule has 4 amide bonds. The molecule has 1 fully saturated rings. The van der Waals surface area contributed by atoms with Gasteiger partial charge in [0.1, 0.15) is 12.1 Å². The smallest absolute Gasteiger partial charge is 0.326 e. The second kappa shape index (κ2) is 23.9. The fraction of sp³-hybridized carbons (Fsp3) is 0.738. The van der Waals surface area contributed by atoms with Crippen molar-refractivity contribution in [3.05, 3.63) is 35.9 Å². The summed E-state index contributed by atoms with van der Waals surface area (Å²) in [5, 5.41) is 15.7. The van der Waals surface area contributed by atoms with Crippen molar-refractivity contribution < 1.29 is 38.6 Å². The lowest BCUT2D eigenvalue weighted by molar-refractivity contribution is -0.148. The number of likely N-dealkylation sites (N-methyl/N-ethyl adjacent to an activating group) is 2. The zero-order chi connectivity index (χ0) is 42.3. The number of methoxy groups -OCH3 is 2. The van der Waals surface area contributed by atoms with Crippen molar-refractivity contribution in [2.24, 2.45) is 23.7 Å². The van der Waals surface area contributed by atoms with Crippen LogP contribution in [-0.2, 0) is 39.9 Å². The third-order valence-corrected chi connectivity index (χ3v) is 12.0. The highest BCUT2D eigenvalue weighted by atomic mass is 32.2. The van der Waals surface area contributed by atoms with Crippen molar-refractivity contribution in [2.75, 3.05) is 53.4 Å². The molecular formula is C42H71N5O8S. The van der Waals surface area contributed by atoms with Gasteiger partial charge in [0.05, 0.1) is 42.7 Å². The van der Waals surface area contributed by atoms with E-state index in [2.05, 4.69) is 10.6 Å². The molecule has 1 aromatic rings. The first-order chi connectivity index (χ1) is 26.4. The van der Waals surface area contributed by atoms with Gasteiger partial charge in [-0.2, -0.15) is 11.8 Å². The number of hydrogen-bond acceptors (Lipinski definition) is 9.